The fourth-order valence-corrected chi connectivity index (χ4v) is 3.51. The fraction of sp³-hybridized carbons (Fsp3) is 0.444. The van der Waals surface area contributed by atoms with E-state index in [0.717, 1.165) is 35.1 Å². The molecule has 2 heterocycles. The number of piperazine rings is 1. The molecule has 1 atom stereocenters. The summed E-state index contributed by atoms with van der Waals surface area (Å²) in [4.78, 5) is 16.6. The van der Waals surface area contributed by atoms with E-state index >= 15 is 0 Å². The lowest BCUT2D eigenvalue weighted by atomic mass is 10.1. The highest BCUT2D eigenvalue weighted by Gasteiger charge is 2.24. The molecule has 1 aromatic carbocycles. The summed E-state index contributed by atoms with van der Waals surface area (Å²) in [6, 6.07) is 7.73. The lowest BCUT2D eigenvalue weighted by molar-refractivity contribution is 0.191. The molecule has 1 saturated heterocycles. The van der Waals surface area contributed by atoms with Crippen LogP contribution in [-0.4, -0.2) is 46.9 Å². The minimum atomic E-state index is -0.0669. The third kappa shape index (κ3) is 3.90. The maximum Gasteiger partial charge on any atom is 0.317 e. The first-order chi connectivity index (χ1) is 12.0. The predicted octanol–water partition coefficient (Wildman–Crippen LogP) is 2.97. The average molecular weight is 362 g/mol. The van der Waals surface area contributed by atoms with Crippen LogP contribution in [0.3, 0.4) is 0 Å². The highest BCUT2D eigenvalue weighted by molar-refractivity contribution is 6.33. The number of anilines is 1. The Bertz CT molecular complexity index is 752. The van der Waals surface area contributed by atoms with Crippen molar-refractivity contribution in [3.8, 4) is 0 Å². The van der Waals surface area contributed by atoms with E-state index in [9.17, 15) is 4.79 Å². The highest BCUT2D eigenvalue weighted by atomic mass is 35.5. The van der Waals surface area contributed by atoms with Crippen molar-refractivity contribution in [2.45, 2.75) is 19.9 Å². The maximum atomic E-state index is 12.6. The molecule has 0 saturated carbocycles. The predicted molar refractivity (Wildman–Crippen MR) is 100 cm³/mol. The summed E-state index contributed by atoms with van der Waals surface area (Å²) in [5.74, 6) is 0. The number of nitrogens with one attached hydrogen (secondary N) is 1. The molecule has 1 fully saturated rings. The van der Waals surface area contributed by atoms with Crippen LogP contribution in [-0.2, 0) is 7.05 Å². The Hall–Kier alpha value is -2.21. The normalized spacial score (nSPS) is 16.0. The molecule has 1 N–H and O–H groups in total. The Balaban J connectivity index is 1.57. The Morgan fingerprint density at radius 2 is 1.92 bits per heavy atom. The standard InChI is InChI=1S/C18H24ClN5O/c1-13(15-12-22(3)21-14(15)2)20-18(25)24-10-8-23(9-11-24)17-7-5-4-6-16(17)19/h4-7,12-13H,8-11H2,1-3H3,(H,20,25). The number of urea groups is 1. The average Bonchev–Trinajstić information content (AvgIpc) is 2.94. The van der Waals surface area contributed by atoms with Crippen molar-refractivity contribution in [2.24, 2.45) is 7.05 Å². The zero-order chi connectivity index (χ0) is 18.0. The molecule has 2 amide bonds. The molecule has 1 unspecified atom stereocenters. The third-order valence-corrected chi connectivity index (χ3v) is 4.94. The first kappa shape index (κ1) is 17.6. The highest BCUT2D eigenvalue weighted by Crippen LogP contribution is 2.26. The number of rotatable bonds is 3. The molecule has 2 aromatic rings. The summed E-state index contributed by atoms with van der Waals surface area (Å²) >= 11 is 6.27. The quantitative estimate of drug-likeness (QED) is 0.914. The summed E-state index contributed by atoms with van der Waals surface area (Å²) in [5.41, 5.74) is 3.02. The molecule has 3 rings (SSSR count). The number of para-hydroxylation sites is 1. The van der Waals surface area contributed by atoms with Gasteiger partial charge >= 0.3 is 6.03 Å². The second-order valence-corrected chi connectivity index (χ2v) is 6.85. The summed E-state index contributed by atoms with van der Waals surface area (Å²) in [5, 5.41) is 8.16. The Morgan fingerprint density at radius 3 is 2.52 bits per heavy atom. The van der Waals surface area contributed by atoms with Crippen LogP contribution in [0.2, 0.25) is 5.02 Å². The van der Waals surface area contributed by atoms with Crippen molar-refractivity contribution in [1.29, 1.82) is 0 Å². The monoisotopic (exact) mass is 361 g/mol. The zero-order valence-electron chi connectivity index (χ0n) is 14.9. The molecular formula is C18H24ClN5O. The first-order valence-corrected chi connectivity index (χ1v) is 8.88. The Kier molecular flexibility index (Phi) is 5.18. The van der Waals surface area contributed by atoms with E-state index in [1.54, 1.807) is 4.68 Å². The molecule has 1 aliphatic rings. The minimum absolute atomic E-state index is 0.0328. The maximum absolute atomic E-state index is 12.6. The van der Waals surface area contributed by atoms with Gasteiger partial charge in [0.05, 0.1) is 22.4 Å². The van der Waals surface area contributed by atoms with E-state index in [4.69, 9.17) is 11.6 Å². The lowest BCUT2D eigenvalue weighted by Gasteiger charge is -2.36. The lowest BCUT2D eigenvalue weighted by Crippen LogP contribution is -2.52. The Labute approximate surface area is 153 Å². The summed E-state index contributed by atoms with van der Waals surface area (Å²) in [6.45, 7) is 6.85. The van der Waals surface area contributed by atoms with Crippen LogP contribution in [0.5, 0.6) is 0 Å². The van der Waals surface area contributed by atoms with E-state index in [-0.39, 0.29) is 12.1 Å². The van der Waals surface area contributed by atoms with Crippen molar-refractivity contribution >= 4 is 23.3 Å². The molecule has 0 aliphatic carbocycles. The van der Waals surface area contributed by atoms with Crippen molar-refractivity contribution in [3.05, 3.63) is 46.7 Å². The largest absolute Gasteiger partial charge is 0.367 e. The van der Waals surface area contributed by atoms with Gasteiger partial charge in [-0.3, -0.25) is 4.68 Å². The van der Waals surface area contributed by atoms with Crippen molar-refractivity contribution < 1.29 is 4.79 Å². The molecule has 1 aromatic heterocycles. The van der Waals surface area contributed by atoms with Gasteiger partial charge in [-0.05, 0) is 26.0 Å². The molecule has 134 valence electrons. The fourth-order valence-electron chi connectivity index (χ4n) is 3.26. The van der Waals surface area contributed by atoms with Gasteiger partial charge in [0.25, 0.3) is 0 Å². The number of nitrogens with zero attached hydrogens (tertiary/aromatic N) is 4. The number of hydrogen-bond acceptors (Lipinski definition) is 3. The molecule has 1 aliphatic heterocycles. The number of carbonyl (C=O) groups is 1. The zero-order valence-corrected chi connectivity index (χ0v) is 15.6. The number of hydrogen-bond donors (Lipinski definition) is 1. The number of benzene rings is 1. The second kappa shape index (κ2) is 7.35. The number of halogens is 1. The molecular weight excluding hydrogens is 338 g/mol. The topological polar surface area (TPSA) is 53.4 Å². The summed E-state index contributed by atoms with van der Waals surface area (Å²) < 4.78 is 1.77. The molecule has 7 heteroatoms. The van der Waals surface area contributed by atoms with Crippen LogP contribution in [0.25, 0.3) is 0 Å². The van der Waals surface area contributed by atoms with Gasteiger partial charge in [0.15, 0.2) is 0 Å². The number of amides is 2. The van der Waals surface area contributed by atoms with E-state index in [1.807, 2.05) is 56.3 Å². The first-order valence-electron chi connectivity index (χ1n) is 8.50. The van der Waals surface area contributed by atoms with E-state index in [1.165, 1.54) is 0 Å². The number of aromatic nitrogens is 2. The third-order valence-electron chi connectivity index (χ3n) is 4.62. The van der Waals surface area contributed by atoms with Crippen LogP contribution in [0, 0.1) is 6.92 Å². The van der Waals surface area contributed by atoms with Gasteiger partial charge in [-0.2, -0.15) is 5.10 Å². The van der Waals surface area contributed by atoms with E-state index in [0.29, 0.717) is 13.1 Å². The van der Waals surface area contributed by atoms with Gasteiger partial charge in [0.1, 0.15) is 0 Å². The van der Waals surface area contributed by atoms with Crippen molar-refractivity contribution in [1.82, 2.24) is 20.0 Å². The van der Waals surface area contributed by atoms with Crippen LogP contribution in [0.4, 0.5) is 10.5 Å². The van der Waals surface area contributed by atoms with Crippen LogP contribution in [0.1, 0.15) is 24.2 Å². The SMILES string of the molecule is Cc1nn(C)cc1C(C)NC(=O)N1CCN(c2ccccc2Cl)CC1. The summed E-state index contributed by atoms with van der Waals surface area (Å²) in [6.07, 6.45) is 1.95. The Morgan fingerprint density at radius 1 is 1.24 bits per heavy atom. The van der Waals surface area contributed by atoms with Gasteiger partial charge < -0.3 is 15.1 Å². The van der Waals surface area contributed by atoms with Gasteiger partial charge in [-0.25, -0.2) is 4.79 Å². The van der Waals surface area contributed by atoms with Crippen molar-refractivity contribution in [3.63, 3.8) is 0 Å². The number of carbonyl (C=O) groups excluding carboxylic acids is 1. The molecule has 25 heavy (non-hydrogen) atoms. The van der Waals surface area contributed by atoms with E-state index < -0.39 is 0 Å². The van der Waals surface area contributed by atoms with Gasteiger partial charge in [0, 0.05) is 45.0 Å². The second-order valence-electron chi connectivity index (χ2n) is 6.44. The van der Waals surface area contributed by atoms with Crippen LogP contribution in [0.15, 0.2) is 30.5 Å². The minimum Gasteiger partial charge on any atom is -0.367 e. The van der Waals surface area contributed by atoms with Crippen LogP contribution >= 0.6 is 11.6 Å². The molecule has 0 spiro atoms. The van der Waals surface area contributed by atoms with E-state index in [2.05, 4.69) is 15.3 Å². The molecule has 0 bridgehead atoms. The van der Waals surface area contributed by atoms with Gasteiger partial charge in [-0.15, -0.1) is 0 Å². The van der Waals surface area contributed by atoms with Crippen LogP contribution < -0.4 is 10.2 Å². The smallest absolute Gasteiger partial charge is 0.317 e. The molecule has 0 radical (unpaired) electrons. The van der Waals surface area contributed by atoms with Crippen molar-refractivity contribution in [2.75, 3.05) is 31.1 Å². The summed E-state index contributed by atoms with van der Waals surface area (Å²) in [7, 11) is 1.89. The number of aryl methyl sites for hydroxylation is 2. The van der Waals surface area contributed by atoms with Gasteiger partial charge in [-0.1, -0.05) is 23.7 Å². The molecule has 6 nitrogen and oxygen atoms in total. The van der Waals surface area contributed by atoms with Gasteiger partial charge in [0.2, 0.25) is 0 Å².